The van der Waals surface area contributed by atoms with Gasteiger partial charge in [-0.05, 0) is 12.5 Å². The predicted octanol–water partition coefficient (Wildman–Crippen LogP) is 3.05. The molecule has 1 aliphatic heterocycles. The van der Waals surface area contributed by atoms with Gasteiger partial charge in [0.15, 0.2) is 11.6 Å². The van der Waals surface area contributed by atoms with E-state index >= 15 is 0 Å². The third-order valence-corrected chi connectivity index (χ3v) is 3.36. The highest BCUT2D eigenvalue weighted by molar-refractivity contribution is 5.85. The van der Waals surface area contributed by atoms with Gasteiger partial charge in [0.1, 0.15) is 5.82 Å². The fraction of sp³-hybridized carbons (Fsp3) is 0.429. The van der Waals surface area contributed by atoms with Gasteiger partial charge >= 0.3 is 0 Å². The van der Waals surface area contributed by atoms with Crippen LogP contribution in [0.25, 0.3) is 0 Å². The van der Waals surface area contributed by atoms with Crippen LogP contribution in [0.3, 0.4) is 0 Å². The lowest BCUT2D eigenvalue weighted by molar-refractivity contribution is 0.170. The summed E-state index contributed by atoms with van der Waals surface area (Å²) in [6.07, 6.45) is 2.11. The molecule has 0 saturated carbocycles. The Hall–Kier alpha value is -1.04. The molecule has 112 valence electrons. The molecule has 1 N–H and O–H groups in total. The first-order valence-electron chi connectivity index (χ1n) is 6.33. The smallest absolute Gasteiger partial charge is 0.163 e. The van der Waals surface area contributed by atoms with E-state index in [9.17, 15) is 13.2 Å². The van der Waals surface area contributed by atoms with E-state index in [2.05, 4.69) is 11.9 Å². The minimum atomic E-state index is -1.14. The molecule has 2 rings (SSSR count). The van der Waals surface area contributed by atoms with Gasteiger partial charge in [-0.15, -0.1) is 19.0 Å². The van der Waals surface area contributed by atoms with Gasteiger partial charge in [0.2, 0.25) is 0 Å². The van der Waals surface area contributed by atoms with E-state index in [4.69, 9.17) is 0 Å². The van der Waals surface area contributed by atoms with Crippen molar-refractivity contribution in [2.75, 3.05) is 26.2 Å². The van der Waals surface area contributed by atoms with Gasteiger partial charge in [-0.3, -0.25) is 4.90 Å². The molecule has 2 nitrogen and oxygen atoms in total. The number of piperazine rings is 1. The molecule has 1 heterocycles. The van der Waals surface area contributed by atoms with Crippen LogP contribution < -0.4 is 5.32 Å². The van der Waals surface area contributed by atoms with Crippen LogP contribution in [0.15, 0.2) is 24.8 Å². The third-order valence-electron chi connectivity index (χ3n) is 3.36. The Labute approximate surface area is 123 Å². The molecule has 1 aromatic carbocycles. The van der Waals surface area contributed by atoms with Crippen molar-refractivity contribution in [2.45, 2.75) is 12.5 Å². The van der Waals surface area contributed by atoms with Crippen LogP contribution in [0.1, 0.15) is 18.0 Å². The van der Waals surface area contributed by atoms with Crippen LogP contribution in [0.4, 0.5) is 13.2 Å². The monoisotopic (exact) mass is 306 g/mol. The van der Waals surface area contributed by atoms with Crippen LogP contribution in [0.5, 0.6) is 0 Å². The first kappa shape index (κ1) is 17.0. The van der Waals surface area contributed by atoms with Crippen LogP contribution in [-0.2, 0) is 0 Å². The number of rotatable bonds is 4. The Morgan fingerprint density at radius 2 is 1.90 bits per heavy atom. The van der Waals surface area contributed by atoms with Crippen molar-refractivity contribution in [1.29, 1.82) is 0 Å². The summed E-state index contributed by atoms with van der Waals surface area (Å²) in [5.41, 5.74) is 0.0688. The van der Waals surface area contributed by atoms with Crippen molar-refractivity contribution in [3.05, 3.63) is 47.8 Å². The zero-order chi connectivity index (χ0) is 13.8. The van der Waals surface area contributed by atoms with Crippen molar-refractivity contribution >= 4 is 12.4 Å². The van der Waals surface area contributed by atoms with Gasteiger partial charge in [-0.2, -0.15) is 0 Å². The molecule has 0 amide bonds. The van der Waals surface area contributed by atoms with Crippen molar-refractivity contribution in [1.82, 2.24) is 10.2 Å². The van der Waals surface area contributed by atoms with Crippen molar-refractivity contribution in [3.63, 3.8) is 0 Å². The average Bonchev–Trinajstić information content (AvgIpc) is 2.41. The second-order valence-corrected chi connectivity index (χ2v) is 4.62. The van der Waals surface area contributed by atoms with E-state index < -0.39 is 17.5 Å². The van der Waals surface area contributed by atoms with Crippen molar-refractivity contribution in [3.8, 4) is 0 Å². The summed E-state index contributed by atoms with van der Waals surface area (Å²) in [5, 5.41) is 3.19. The molecule has 0 bridgehead atoms. The molecule has 0 radical (unpaired) electrons. The molecule has 0 spiro atoms. The Balaban J connectivity index is 0.00000200. The zero-order valence-electron chi connectivity index (χ0n) is 11.0. The van der Waals surface area contributed by atoms with Crippen LogP contribution in [0, 0.1) is 17.5 Å². The van der Waals surface area contributed by atoms with Crippen LogP contribution in [0.2, 0.25) is 0 Å². The number of nitrogens with zero attached hydrogens (tertiary/aromatic N) is 1. The molecule has 6 heteroatoms. The molecule has 1 saturated heterocycles. The molecule has 1 aromatic rings. The molecular formula is C14H18ClF3N2. The number of benzene rings is 1. The number of hydrogen-bond donors (Lipinski definition) is 1. The van der Waals surface area contributed by atoms with Crippen molar-refractivity contribution in [2.24, 2.45) is 0 Å². The summed E-state index contributed by atoms with van der Waals surface area (Å²) >= 11 is 0. The SMILES string of the molecule is C=CC[C@H](c1cc(F)cc(F)c1F)N1CCNCC1.Cl. The third kappa shape index (κ3) is 3.75. The minimum absolute atomic E-state index is 0. The zero-order valence-corrected chi connectivity index (χ0v) is 11.9. The lowest BCUT2D eigenvalue weighted by Crippen LogP contribution is -2.45. The molecule has 0 aliphatic carbocycles. The predicted molar refractivity (Wildman–Crippen MR) is 75.6 cm³/mol. The molecule has 1 atom stereocenters. The normalized spacial score (nSPS) is 17.4. The highest BCUT2D eigenvalue weighted by Gasteiger charge is 2.25. The molecule has 1 fully saturated rings. The second kappa shape index (κ2) is 7.67. The maximum absolute atomic E-state index is 13.9. The Morgan fingerprint density at radius 1 is 1.25 bits per heavy atom. The second-order valence-electron chi connectivity index (χ2n) is 4.62. The van der Waals surface area contributed by atoms with Gasteiger partial charge in [-0.25, -0.2) is 13.2 Å². The lowest BCUT2D eigenvalue weighted by Gasteiger charge is -2.35. The molecular weight excluding hydrogens is 289 g/mol. The maximum Gasteiger partial charge on any atom is 0.163 e. The molecule has 20 heavy (non-hydrogen) atoms. The standard InChI is InChI=1S/C14H17F3N2.ClH/c1-2-3-13(19-6-4-18-5-7-19)11-8-10(15)9-12(16)14(11)17;/h2,8-9,13,18H,1,3-7H2;1H/t13-;/m1./s1. The Kier molecular flexibility index (Phi) is 6.52. The largest absolute Gasteiger partial charge is 0.314 e. The van der Waals surface area contributed by atoms with Crippen LogP contribution >= 0.6 is 12.4 Å². The first-order chi connectivity index (χ1) is 9.13. The summed E-state index contributed by atoms with van der Waals surface area (Å²) in [6.45, 7) is 6.65. The fourth-order valence-electron chi connectivity index (χ4n) is 2.44. The van der Waals surface area contributed by atoms with Crippen LogP contribution in [-0.4, -0.2) is 31.1 Å². The number of halogens is 4. The quantitative estimate of drug-likeness (QED) is 0.679. The first-order valence-corrected chi connectivity index (χ1v) is 6.33. The average molecular weight is 307 g/mol. The Bertz CT molecular complexity index is 462. The van der Waals surface area contributed by atoms with Gasteiger partial charge in [0.05, 0.1) is 0 Å². The van der Waals surface area contributed by atoms with E-state index in [0.29, 0.717) is 12.5 Å². The lowest BCUT2D eigenvalue weighted by atomic mass is 10.00. The topological polar surface area (TPSA) is 15.3 Å². The van der Waals surface area contributed by atoms with E-state index in [1.165, 1.54) is 0 Å². The fourth-order valence-corrected chi connectivity index (χ4v) is 2.44. The minimum Gasteiger partial charge on any atom is -0.314 e. The van der Waals surface area contributed by atoms with E-state index in [-0.39, 0.29) is 24.0 Å². The molecule has 1 aliphatic rings. The summed E-state index contributed by atoms with van der Waals surface area (Å²) in [4.78, 5) is 2.02. The highest BCUT2D eigenvalue weighted by Crippen LogP contribution is 2.29. The van der Waals surface area contributed by atoms with E-state index in [0.717, 1.165) is 32.2 Å². The summed E-state index contributed by atoms with van der Waals surface area (Å²) in [5.74, 6) is -2.86. The summed E-state index contributed by atoms with van der Waals surface area (Å²) in [7, 11) is 0. The van der Waals surface area contributed by atoms with Crippen molar-refractivity contribution < 1.29 is 13.2 Å². The number of hydrogen-bond acceptors (Lipinski definition) is 2. The van der Waals surface area contributed by atoms with Gasteiger partial charge in [-0.1, -0.05) is 6.08 Å². The maximum atomic E-state index is 13.9. The highest BCUT2D eigenvalue weighted by atomic mass is 35.5. The van der Waals surface area contributed by atoms with E-state index in [1.807, 2.05) is 4.90 Å². The van der Waals surface area contributed by atoms with E-state index in [1.54, 1.807) is 6.08 Å². The summed E-state index contributed by atoms with van der Waals surface area (Å²) < 4.78 is 40.5. The number of nitrogens with one attached hydrogen (secondary N) is 1. The van der Waals surface area contributed by atoms with Gasteiger partial charge in [0, 0.05) is 43.9 Å². The Morgan fingerprint density at radius 3 is 2.50 bits per heavy atom. The van der Waals surface area contributed by atoms with Gasteiger partial charge < -0.3 is 5.32 Å². The summed E-state index contributed by atoms with van der Waals surface area (Å²) in [6, 6.07) is 1.28. The molecule has 0 aromatic heterocycles. The van der Waals surface area contributed by atoms with Gasteiger partial charge in [0.25, 0.3) is 0 Å². The molecule has 0 unspecified atom stereocenters.